The summed E-state index contributed by atoms with van der Waals surface area (Å²) in [6.45, 7) is 3.33. The average molecular weight is 439 g/mol. The van der Waals surface area contributed by atoms with Crippen LogP contribution in [0, 0.1) is 25.2 Å². The van der Waals surface area contributed by atoms with E-state index in [9.17, 15) is 18.5 Å². The Hall–Kier alpha value is -3.48. The number of carbonyl (C=O) groups is 1. The minimum Gasteiger partial charge on any atom is -0.361 e. The van der Waals surface area contributed by atoms with Crippen molar-refractivity contribution in [2.24, 2.45) is 0 Å². The number of rotatable bonds is 7. The summed E-state index contributed by atoms with van der Waals surface area (Å²) in [4.78, 5) is 14.6. The van der Waals surface area contributed by atoms with Crippen LogP contribution in [0.3, 0.4) is 0 Å². The maximum absolute atomic E-state index is 13.2. The lowest BCUT2D eigenvalue weighted by Crippen LogP contribution is -2.41. The molecular weight excluding hydrogens is 416 g/mol. The molecule has 0 aliphatic heterocycles. The van der Waals surface area contributed by atoms with Gasteiger partial charge in [0.2, 0.25) is 15.9 Å². The highest BCUT2D eigenvalue weighted by Crippen LogP contribution is 2.23. The van der Waals surface area contributed by atoms with Gasteiger partial charge in [-0.3, -0.25) is 4.79 Å². The smallest absolute Gasteiger partial charge is 0.244 e. The van der Waals surface area contributed by atoms with E-state index in [0.717, 1.165) is 9.87 Å². The van der Waals surface area contributed by atoms with Crippen LogP contribution in [0.15, 0.2) is 64.0 Å². The van der Waals surface area contributed by atoms with Crippen LogP contribution in [0.2, 0.25) is 0 Å². The second kappa shape index (κ2) is 9.12. The number of amides is 1. The van der Waals surface area contributed by atoms with E-state index in [1.807, 2.05) is 12.1 Å². The Balaban J connectivity index is 1.91. The summed E-state index contributed by atoms with van der Waals surface area (Å²) < 4.78 is 32.2. The van der Waals surface area contributed by atoms with E-state index < -0.39 is 22.5 Å². The molecule has 160 valence electrons. The van der Waals surface area contributed by atoms with Crippen molar-refractivity contribution in [3.8, 4) is 6.07 Å². The van der Waals surface area contributed by atoms with Gasteiger partial charge in [0, 0.05) is 18.3 Å². The highest BCUT2D eigenvalue weighted by Gasteiger charge is 2.28. The van der Waals surface area contributed by atoms with E-state index in [-0.39, 0.29) is 17.0 Å². The molecule has 0 saturated carbocycles. The van der Waals surface area contributed by atoms with Crippen LogP contribution in [0.5, 0.6) is 0 Å². The van der Waals surface area contributed by atoms with Crippen molar-refractivity contribution < 1.29 is 17.7 Å². The number of anilines is 1. The van der Waals surface area contributed by atoms with Crippen molar-refractivity contribution >= 4 is 21.6 Å². The van der Waals surface area contributed by atoms with Crippen LogP contribution in [0.4, 0.5) is 5.69 Å². The number of nitriles is 1. The summed E-state index contributed by atoms with van der Waals surface area (Å²) in [5.74, 6) is 0.168. The summed E-state index contributed by atoms with van der Waals surface area (Å²) in [6.07, 6.45) is 0. The normalized spacial score (nSPS) is 11.3. The third kappa shape index (κ3) is 4.66. The average Bonchev–Trinajstić information content (AvgIpc) is 3.09. The minimum atomic E-state index is -4.04. The quantitative estimate of drug-likeness (QED) is 0.561. The number of sulfonamides is 1. The standard InChI is InChI=1S/C22H22N4O4S/c1-16-20(17(2)30-24-16)14-26(19-10-5-4-6-11-19)22(27)15-25(3)31(28,29)21-12-8-7-9-18(21)13-23/h4-12H,14-15H2,1-3H3. The van der Waals surface area contributed by atoms with Crippen LogP contribution in [0.1, 0.15) is 22.6 Å². The summed E-state index contributed by atoms with van der Waals surface area (Å²) >= 11 is 0. The van der Waals surface area contributed by atoms with Gasteiger partial charge in [-0.25, -0.2) is 8.42 Å². The lowest BCUT2D eigenvalue weighted by molar-refractivity contribution is -0.118. The number of hydrogen-bond acceptors (Lipinski definition) is 6. The number of benzene rings is 2. The van der Waals surface area contributed by atoms with Gasteiger partial charge < -0.3 is 9.42 Å². The number of aryl methyl sites for hydroxylation is 2. The first-order valence-corrected chi connectivity index (χ1v) is 10.9. The van der Waals surface area contributed by atoms with E-state index in [2.05, 4.69) is 5.16 Å². The summed E-state index contributed by atoms with van der Waals surface area (Å²) in [5.41, 5.74) is 2.07. The predicted octanol–water partition coefficient (Wildman–Crippen LogP) is 3.02. The fourth-order valence-electron chi connectivity index (χ4n) is 3.13. The van der Waals surface area contributed by atoms with Crippen LogP contribution in [0.25, 0.3) is 0 Å². The molecule has 0 radical (unpaired) electrons. The van der Waals surface area contributed by atoms with Gasteiger partial charge in [0.15, 0.2) is 0 Å². The number of hydrogen-bond donors (Lipinski definition) is 0. The van der Waals surface area contributed by atoms with Crippen molar-refractivity contribution in [3.05, 3.63) is 77.2 Å². The Bertz CT molecular complexity index is 1210. The molecule has 9 heteroatoms. The van der Waals surface area contributed by atoms with Crippen LogP contribution < -0.4 is 4.90 Å². The third-order valence-electron chi connectivity index (χ3n) is 4.92. The zero-order chi connectivity index (χ0) is 22.6. The predicted molar refractivity (Wildman–Crippen MR) is 115 cm³/mol. The molecule has 0 unspecified atom stereocenters. The van der Waals surface area contributed by atoms with Gasteiger partial charge >= 0.3 is 0 Å². The zero-order valence-corrected chi connectivity index (χ0v) is 18.3. The van der Waals surface area contributed by atoms with Crippen molar-refractivity contribution in [2.45, 2.75) is 25.3 Å². The molecule has 0 aliphatic rings. The molecule has 1 heterocycles. The molecule has 0 fully saturated rings. The van der Waals surface area contributed by atoms with Crippen molar-refractivity contribution in [2.75, 3.05) is 18.5 Å². The van der Waals surface area contributed by atoms with E-state index in [1.54, 1.807) is 44.2 Å². The minimum absolute atomic E-state index is 0.0254. The van der Waals surface area contributed by atoms with Gasteiger partial charge in [-0.05, 0) is 38.1 Å². The Morgan fingerprint density at radius 3 is 2.35 bits per heavy atom. The molecule has 0 saturated heterocycles. The molecule has 8 nitrogen and oxygen atoms in total. The number of likely N-dealkylation sites (N-methyl/N-ethyl adjacent to an activating group) is 1. The van der Waals surface area contributed by atoms with Gasteiger partial charge in [0.1, 0.15) is 11.8 Å². The molecule has 0 spiro atoms. The molecular formula is C22H22N4O4S. The van der Waals surface area contributed by atoms with Crippen LogP contribution in [-0.4, -0.2) is 37.4 Å². The molecule has 0 atom stereocenters. The van der Waals surface area contributed by atoms with E-state index in [1.165, 1.54) is 30.1 Å². The lowest BCUT2D eigenvalue weighted by Gasteiger charge is -2.25. The van der Waals surface area contributed by atoms with Gasteiger partial charge in [0.25, 0.3) is 0 Å². The second-order valence-electron chi connectivity index (χ2n) is 6.99. The van der Waals surface area contributed by atoms with Crippen molar-refractivity contribution in [1.29, 1.82) is 5.26 Å². The van der Waals surface area contributed by atoms with Crippen LogP contribution in [-0.2, 0) is 21.4 Å². The lowest BCUT2D eigenvalue weighted by atomic mass is 10.1. The highest BCUT2D eigenvalue weighted by atomic mass is 32.2. The molecule has 2 aromatic carbocycles. The molecule has 0 aliphatic carbocycles. The Morgan fingerprint density at radius 2 is 1.74 bits per heavy atom. The fraction of sp³-hybridized carbons (Fsp3) is 0.227. The highest BCUT2D eigenvalue weighted by molar-refractivity contribution is 7.89. The largest absolute Gasteiger partial charge is 0.361 e. The molecule has 3 rings (SSSR count). The number of para-hydroxylation sites is 1. The maximum Gasteiger partial charge on any atom is 0.244 e. The second-order valence-corrected chi connectivity index (χ2v) is 9.00. The van der Waals surface area contributed by atoms with Crippen LogP contribution >= 0.6 is 0 Å². The number of carbonyl (C=O) groups excluding carboxylic acids is 1. The van der Waals surface area contributed by atoms with Crippen molar-refractivity contribution in [1.82, 2.24) is 9.46 Å². The molecule has 0 bridgehead atoms. The van der Waals surface area contributed by atoms with E-state index in [4.69, 9.17) is 4.52 Å². The topological polar surface area (TPSA) is 108 Å². The maximum atomic E-state index is 13.2. The first kappa shape index (κ1) is 22.2. The molecule has 3 aromatic rings. The van der Waals surface area contributed by atoms with Gasteiger partial charge in [-0.2, -0.15) is 9.57 Å². The summed E-state index contributed by atoms with van der Waals surface area (Å²) in [6, 6.07) is 16.8. The molecule has 1 aromatic heterocycles. The molecule has 31 heavy (non-hydrogen) atoms. The number of nitrogens with zero attached hydrogens (tertiary/aromatic N) is 4. The Labute approximate surface area is 181 Å². The zero-order valence-electron chi connectivity index (χ0n) is 17.4. The SMILES string of the molecule is Cc1noc(C)c1CN(C(=O)CN(C)S(=O)(=O)c1ccccc1C#N)c1ccccc1. The number of aromatic nitrogens is 1. The van der Waals surface area contributed by atoms with Gasteiger partial charge in [-0.15, -0.1) is 0 Å². The monoisotopic (exact) mass is 438 g/mol. The third-order valence-corrected chi connectivity index (χ3v) is 6.78. The van der Waals surface area contributed by atoms with E-state index in [0.29, 0.717) is 17.1 Å². The Morgan fingerprint density at radius 1 is 1.10 bits per heavy atom. The van der Waals surface area contributed by atoms with Crippen molar-refractivity contribution in [3.63, 3.8) is 0 Å². The first-order chi connectivity index (χ1) is 14.8. The van der Waals surface area contributed by atoms with E-state index >= 15 is 0 Å². The summed E-state index contributed by atoms with van der Waals surface area (Å²) in [5, 5.41) is 13.2. The molecule has 1 amide bonds. The fourth-order valence-corrected chi connectivity index (χ4v) is 4.39. The van der Waals surface area contributed by atoms with Gasteiger partial charge in [0.05, 0.1) is 29.2 Å². The summed E-state index contributed by atoms with van der Waals surface area (Å²) in [7, 11) is -2.72. The Kier molecular flexibility index (Phi) is 6.53. The molecule has 0 N–H and O–H groups in total. The van der Waals surface area contributed by atoms with Gasteiger partial charge in [-0.1, -0.05) is 35.5 Å². The first-order valence-electron chi connectivity index (χ1n) is 9.48.